The summed E-state index contributed by atoms with van der Waals surface area (Å²) in [4.78, 5) is 4.63. The SMILES string of the molecule is [c]1ccc2cc3c(nc2c1)NCCCC3. The third kappa shape index (κ3) is 1.56. The van der Waals surface area contributed by atoms with E-state index in [1.165, 1.54) is 23.8 Å². The van der Waals surface area contributed by atoms with Gasteiger partial charge in [0.05, 0.1) is 5.52 Å². The van der Waals surface area contributed by atoms with Gasteiger partial charge in [-0.25, -0.2) is 4.98 Å². The molecule has 2 heteroatoms. The van der Waals surface area contributed by atoms with Crippen molar-refractivity contribution < 1.29 is 0 Å². The highest BCUT2D eigenvalue weighted by Crippen LogP contribution is 2.23. The van der Waals surface area contributed by atoms with Crippen LogP contribution in [0.3, 0.4) is 0 Å². The second-order valence-corrected chi connectivity index (χ2v) is 4.00. The monoisotopic (exact) mass is 197 g/mol. The zero-order valence-corrected chi connectivity index (χ0v) is 8.59. The molecule has 75 valence electrons. The fourth-order valence-electron chi connectivity index (χ4n) is 2.09. The molecule has 1 aromatic carbocycles. The largest absolute Gasteiger partial charge is 0.370 e. The van der Waals surface area contributed by atoms with E-state index in [2.05, 4.69) is 28.5 Å². The average molecular weight is 197 g/mol. The predicted octanol–water partition coefficient (Wildman–Crippen LogP) is 2.78. The van der Waals surface area contributed by atoms with Crippen molar-refractivity contribution in [3.63, 3.8) is 0 Å². The molecule has 2 nitrogen and oxygen atoms in total. The maximum Gasteiger partial charge on any atom is 0.129 e. The van der Waals surface area contributed by atoms with Crippen LogP contribution in [0.4, 0.5) is 5.82 Å². The van der Waals surface area contributed by atoms with Crippen molar-refractivity contribution in [3.05, 3.63) is 35.9 Å². The standard InChI is InChI=1S/C13H13N2/c1-2-7-12-10(5-1)9-11-6-3-4-8-14-13(11)15-12/h1,5,7,9H,3-4,6,8H2,(H,14,15). The van der Waals surface area contributed by atoms with Crippen molar-refractivity contribution in [3.8, 4) is 0 Å². The molecule has 0 atom stereocenters. The molecule has 1 N–H and O–H groups in total. The summed E-state index contributed by atoms with van der Waals surface area (Å²) in [6, 6.07) is 11.3. The summed E-state index contributed by atoms with van der Waals surface area (Å²) in [5.74, 6) is 1.07. The van der Waals surface area contributed by atoms with Crippen LogP contribution in [0, 0.1) is 6.07 Å². The molecule has 0 fully saturated rings. The van der Waals surface area contributed by atoms with Crippen LogP contribution in [0.25, 0.3) is 10.9 Å². The summed E-state index contributed by atoms with van der Waals surface area (Å²) in [5, 5.41) is 4.61. The molecular formula is C13H13N2. The van der Waals surface area contributed by atoms with Crippen LogP contribution in [0.15, 0.2) is 24.3 Å². The van der Waals surface area contributed by atoms with Crippen LogP contribution >= 0.6 is 0 Å². The molecule has 0 spiro atoms. The first-order chi connectivity index (χ1) is 7.43. The van der Waals surface area contributed by atoms with Gasteiger partial charge in [-0.2, -0.15) is 0 Å². The molecule has 2 heterocycles. The lowest BCUT2D eigenvalue weighted by molar-refractivity contribution is 0.786. The highest BCUT2D eigenvalue weighted by molar-refractivity contribution is 5.81. The number of benzene rings is 1. The van der Waals surface area contributed by atoms with Gasteiger partial charge in [-0.15, -0.1) is 0 Å². The van der Waals surface area contributed by atoms with Gasteiger partial charge >= 0.3 is 0 Å². The normalized spacial score (nSPS) is 15.5. The predicted molar refractivity (Wildman–Crippen MR) is 62.0 cm³/mol. The van der Waals surface area contributed by atoms with E-state index in [0.29, 0.717) is 0 Å². The number of pyridine rings is 1. The maximum atomic E-state index is 4.63. The average Bonchev–Trinajstić information content (AvgIpc) is 2.50. The number of anilines is 1. The molecule has 0 aliphatic carbocycles. The lowest BCUT2D eigenvalue weighted by Crippen LogP contribution is -2.01. The van der Waals surface area contributed by atoms with Crippen LogP contribution in [0.5, 0.6) is 0 Å². The quantitative estimate of drug-likeness (QED) is 0.702. The van der Waals surface area contributed by atoms with Crippen molar-refractivity contribution in [2.24, 2.45) is 0 Å². The van der Waals surface area contributed by atoms with E-state index in [9.17, 15) is 0 Å². The van der Waals surface area contributed by atoms with E-state index >= 15 is 0 Å². The molecular weight excluding hydrogens is 184 g/mol. The highest BCUT2D eigenvalue weighted by atomic mass is 15.0. The van der Waals surface area contributed by atoms with E-state index in [1.54, 1.807) is 0 Å². The van der Waals surface area contributed by atoms with Gasteiger partial charge in [0.15, 0.2) is 0 Å². The van der Waals surface area contributed by atoms with Crippen molar-refractivity contribution in [1.82, 2.24) is 4.98 Å². The Labute approximate surface area is 89.3 Å². The minimum absolute atomic E-state index is 1.03. The first-order valence-electron chi connectivity index (χ1n) is 5.47. The number of aryl methyl sites for hydroxylation is 1. The Bertz CT molecular complexity index is 446. The van der Waals surface area contributed by atoms with Gasteiger partial charge in [0, 0.05) is 11.9 Å². The topological polar surface area (TPSA) is 24.9 Å². The summed E-state index contributed by atoms with van der Waals surface area (Å²) >= 11 is 0. The molecule has 0 amide bonds. The third-order valence-electron chi connectivity index (χ3n) is 2.91. The lowest BCUT2D eigenvalue weighted by Gasteiger charge is -2.07. The van der Waals surface area contributed by atoms with Crippen molar-refractivity contribution in [1.29, 1.82) is 0 Å². The minimum atomic E-state index is 1.03. The summed E-state index contributed by atoms with van der Waals surface area (Å²) in [5.41, 5.74) is 2.39. The highest BCUT2D eigenvalue weighted by Gasteiger charge is 2.09. The van der Waals surface area contributed by atoms with Gasteiger partial charge in [-0.3, -0.25) is 0 Å². The summed E-state index contributed by atoms with van der Waals surface area (Å²) in [6.45, 7) is 1.04. The molecule has 0 unspecified atom stereocenters. The number of nitrogens with zero attached hydrogens (tertiary/aromatic N) is 1. The first kappa shape index (κ1) is 8.72. The van der Waals surface area contributed by atoms with Crippen LogP contribution in [0.1, 0.15) is 18.4 Å². The molecule has 0 bridgehead atoms. The number of nitrogens with one attached hydrogen (secondary N) is 1. The second-order valence-electron chi connectivity index (χ2n) is 4.00. The van der Waals surface area contributed by atoms with Crippen LogP contribution < -0.4 is 5.32 Å². The Balaban J connectivity index is 2.20. The number of rotatable bonds is 0. The van der Waals surface area contributed by atoms with Crippen LogP contribution in [-0.4, -0.2) is 11.5 Å². The third-order valence-corrected chi connectivity index (χ3v) is 2.91. The molecule has 15 heavy (non-hydrogen) atoms. The summed E-state index contributed by atoms with van der Waals surface area (Å²) in [6.07, 6.45) is 3.63. The molecule has 0 saturated heterocycles. The first-order valence-corrected chi connectivity index (χ1v) is 5.47. The van der Waals surface area contributed by atoms with E-state index in [-0.39, 0.29) is 0 Å². The zero-order chi connectivity index (χ0) is 10.1. The molecule has 1 aliphatic rings. The van der Waals surface area contributed by atoms with Crippen LogP contribution in [0.2, 0.25) is 0 Å². The van der Waals surface area contributed by atoms with E-state index in [1.807, 2.05) is 12.1 Å². The number of hydrogen-bond donors (Lipinski definition) is 1. The van der Waals surface area contributed by atoms with E-state index < -0.39 is 0 Å². The fourth-order valence-corrected chi connectivity index (χ4v) is 2.09. The van der Waals surface area contributed by atoms with E-state index in [4.69, 9.17) is 0 Å². The Morgan fingerprint density at radius 1 is 1.33 bits per heavy atom. The Hall–Kier alpha value is -1.57. The Morgan fingerprint density at radius 2 is 2.33 bits per heavy atom. The molecule has 3 rings (SSSR count). The Morgan fingerprint density at radius 3 is 3.33 bits per heavy atom. The maximum absolute atomic E-state index is 4.63. The number of aromatic nitrogens is 1. The second kappa shape index (κ2) is 3.54. The van der Waals surface area contributed by atoms with E-state index in [0.717, 1.165) is 24.3 Å². The van der Waals surface area contributed by atoms with Gasteiger partial charge in [0.25, 0.3) is 0 Å². The summed E-state index contributed by atoms with van der Waals surface area (Å²) in [7, 11) is 0. The fraction of sp³-hybridized carbons (Fsp3) is 0.308. The van der Waals surface area contributed by atoms with Gasteiger partial charge in [-0.1, -0.05) is 12.1 Å². The van der Waals surface area contributed by atoms with Crippen molar-refractivity contribution in [2.45, 2.75) is 19.3 Å². The molecule has 1 aromatic heterocycles. The van der Waals surface area contributed by atoms with Crippen molar-refractivity contribution >= 4 is 16.7 Å². The smallest absolute Gasteiger partial charge is 0.129 e. The van der Waals surface area contributed by atoms with Crippen LogP contribution in [-0.2, 0) is 6.42 Å². The lowest BCUT2D eigenvalue weighted by atomic mass is 10.1. The zero-order valence-electron chi connectivity index (χ0n) is 8.59. The molecule has 1 aliphatic heterocycles. The van der Waals surface area contributed by atoms with Gasteiger partial charge in [0.1, 0.15) is 5.82 Å². The molecule has 0 saturated carbocycles. The minimum Gasteiger partial charge on any atom is -0.370 e. The number of fused-ring (bicyclic) bond motifs is 2. The molecule has 1 radical (unpaired) electrons. The van der Waals surface area contributed by atoms with Gasteiger partial charge < -0.3 is 5.32 Å². The number of hydrogen-bond acceptors (Lipinski definition) is 2. The summed E-state index contributed by atoms with van der Waals surface area (Å²) < 4.78 is 0. The van der Waals surface area contributed by atoms with Gasteiger partial charge in [-0.05, 0) is 43.0 Å². The molecule has 2 aromatic rings. The van der Waals surface area contributed by atoms with Gasteiger partial charge in [0.2, 0.25) is 0 Å². The van der Waals surface area contributed by atoms with Crippen molar-refractivity contribution in [2.75, 3.05) is 11.9 Å². The Kier molecular flexibility index (Phi) is 2.05.